The summed E-state index contributed by atoms with van der Waals surface area (Å²) in [6.07, 6.45) is 2.17. The molecule has 1 saturated heterocycles. The average Bonchev–Trinajstić information content (AvgIpc) is 2.29. The topological polar surface area (TPSA) is 90.7 Å². The van der Waals surface area contributed by atoms with E-state index >= 15 is 0 Å². The first kappa shape index (κ1) is 15.9. The summed E-state index contributed by atoms with van der Waals surface area (Å²) in [7, 11) is 0. The van der Waals surface area contributed by atoms with E-state index in [9.17, 15) is 9.59 Å². The maximum absolute atomic E-state index is 11.7. The number of nitrogens with one attached hydrogen (secondary N) is 1. The van der Waals surface area contributed by atoms with E-state index in [4.69, 9.17) is 15.3 Å². The lowest BCUT2D eigenvalue weighted by Gasteiger charge is -2.29. The molecule has 1 aliphatic heterocycles. The third kappa shape index (κ3) is 6.54. The van der Waals surface area contributed by atoms with Crippen molar-refractivity contribution >= 4 is 11.9 Å². The van der Waals surface area contributed by atoms with Gasteiger partial charge in [0.1, 0.15) is 5.60 Å². The number of hydrogen-bond acceptors (Lipinski definition) is 5. The Bertz CT molecular complexity index is 317. The van der Waals surface area contributed by atoms with Gasteiger partial charge < -0.3 is 9.47 Å². The van der Waals surface area contributed by atoms with Crippen LogP contribution in [0.1, 0.15) is 46.5 Å². The molecule has 1 aliphatic rings. The summed E-state index contributed by atoms with van der Waals surface area (Å²) < 4.78 is 10.8. The largest absolute Gasteiger partial charge is 0.460 e. The molecule has 2 atom stereocenters. The Morgan fingerprint density at radius 3 is 2.47 bits per heavy atom. The molecule has 0 aromatic heterocycles. The van der Waals surface area contributed by atoms with E-state index in [2.05, 4.69) is 5.43 Å². The van der Waals surface area contributed by atoms with Crippen molar-refractivity contribution in [1.82, 2.24) is 5.43 Å². The van der Waals surface area contributed by atoms with Crippen molar-refractivity contribution in [1.29, 1.82) is 0 Å². The van der Waals surface area contributed by atoms with Gasteiger partial charge in [-0.05, 0) is 39.5 Å². The van der Waals surface area contributed by atoms with Gasteiger partial charge in [-0.25, -0.2) is 5.84 Å². The summed E-state index contributed by atoms with van der Waals surface area (Å²) in [5, 5.41) is 0. The number of amides is 1. The van der Waals surface area contributed by atoms with E-state index in [1.54, 1.807) is 0 Å². The Labute approximate surface area is 114 Å². The summed E-state index contributed by atoms with van der Waals surface area (Å²) in [4.78, 5) is 22.8. The lowest BCUT2D eigenvalue weighted by Crippen LogP contribution is -2.36. The summed E-state index contributed by atoms with van der Waals surface area (Å²) in [5.41, 5.74) is 1.64. The third-order valence-electron chi connectivity index (χ3n) is 2.91. The van der Waals surface area contributed by atoms with Crippen LogP contribution in [0, 0.1) is 5.92 Å². The van der Waals surface area contributed by atoms with Crippen LogP contribution in [0.4, 0.5) is 0 Å². The van der Waals surface area contributed by atoms with Gasteiger partial charge in [0.2, 0.25) is 5.91 Å². The van der Waals surface area contributed by atoms with Crippen LogP contribution in [0.15, 0.2) is 0 Å². The maximum Gasteiger partial charge on any atom is 0.306 e. The Morgan fingerprint density at radius 2 is 2.00 bits per heavy atom. The highest BCUT2D eigenvalue weighted by atomic mass is 16.6. The lowest BCUT2D eigenvalue weighted by molar-refractivity contribution is -0.158. The highest BCUT2D eigenvalue weighted by Gasteiger charge is 2.26. The average molecular weight is 272 g/mol. The van der Waals surface area contributed by atoms with Crippen LogP contribution in [0.25, 0.3) is 0 Å². The number of carbonyl (C=O) groups is 2. The minimum Gasteiger partial charge on any atom is -0.460 e. The standard InChI is InChI=1S/C13H24N2O4/c1-13(2,3)19-12(17)6-9-4-5-10(18-8-9)7-11(16)15-14/h9-10H,4-8,14H2,1-3H3,(H,15,16)/t9-,10-/m0/s1. The molecule has 0 saturated carbocycles. The fourth-order valence-electron chi connectivity index (χ4n) is 2.07. The van der Waals surface area contributed by atoms with E-state index in [1.165, 1.54) is 0 Å². The summed E-state index contributed by atoms with van der Waals surface area (Å²) in [6, 6.07) is 0. The van der Waals surface area contributed by atoms with Crippen LogP contribution >= 0.6 is 0 Å². The minimum absolute atomic E-state index is 0.0987. The second kappa shape index (κ2) is 6.86. The van der Waals surface area contributed by atoms with Crippen LogP contribution in [0.3, 0.4) is 0 Å². The second-order valence-corrected chi connectivity index (χ2v) is 5.96. The predicted molar refractivity (Wildman–Crippen MR) is 69.9 cm³/mol. The van der Waals surface area contributed by atoms with Crippen molar-refractivity contribution < 1.29 is 19.1 Å². The van der Waals surface area contributed by atoms with E-state index in [-0.39, 0.29) is 30.3 Å². The van der Waals surface area contributed by atoms with E-state index in [1.807, 2.05) is 20.8 Å². The molecule has 1 rings (SSSR count). The quantitative estimate of drug-likeness (QED) is 0.343. The van der Waals surface area contributed by atoms with Crippen LogP contribution in [-0.4, -0.2) is 30.2 Å². The number of rotatable bonds is 4. The smallest absolute Gasteiger partial charge is 0.306 e. The monoisotopic (exact) mass is 272 g/mol. The zero-order chi connectivity index (χ0) is 14.5. The van der Waals surface area contributed by atoms with Gasteiger partial charge in [0.25, 0.3) is 0 Å². The predicted octanol–water partition coefficient (Wildman–Crippen LogP) is 0.893. The van der Waals surface area contributed by atoms with Gasteiger partial charge in [0, 0.05) is 0 Å². The van der Waals surface area contributed by atoms with Crippen molar-refractivity contribution in [3.8, 4) is 0 Å². The molecule has 0 aromatic rings. The van der Waals surface area contributed by atoms with Gasteiger partial charge in [-0.1, -0.05) is 0 Å². The maximum atomic E-state index is 11.7. The molecule has 0 radical (unpaired) electrons. The van der Waals surface area contributed by atoms with Crippen LogP contribution < -0.4 is 11.3 Å². The normalized spacial score (nSPS) is 23.8. The molecule has 1 fully saturated rings. The highest BCUT2D eigenvalue weighted by molar-refractivity contribution is 5.75. The first-order valence-corrected chi connectivity index (χ1v) is 6.63. The van der Waals surface area contributed by atoms with Gasteiger partial charge in [0.15, 0.2) is 0 Å². The van der Waals surface area contributed by atoms with E-state index < -0.39 is 5.60 Å². The molecule has 0 aliphatic carbocycles. The molecule has 110 valence electrons. The molecule has 0 aromatic carbocycles. The minimum atomic E-state index is -0.450. The van der Waals surface area contributed by atoms with Gasteiger partial charge in [-0.15, -0.1) is 0 Å². The Kier molecular flexibility index (Phi) is 5.75. The number of carbonyl (C=O) groups excluding carboxylic acids is 2. The number of hydrazine groups is 1. The molecule has 0 spiro atoms. The van der Waals surface area contributed by atoms with E-state index in [0.29, 0.717) is 13.0 Å². The third-order valence-corrected chi connectivity index (χ3v) is 2.91. The van der Waals surface area contributed by atoms with Crippen molar-refractivity contribution in [3.05, 3.63) is 0 Å². The van der Waals surface area contributed by atoms with Crippen LogP contribution in [-0.2, 0) is 19.1 Å². The molecular formula is C13H24N2O4. The summed E-state index contributed by atoms with van der Waals surface area (Å²) >= 11 is 0. The highest BCUT2D eigenvalue weighted by Crippen LogP contribution is 2.24. The zero-order valence-corrected chi connectivity index (χ0v) is 11.9. The first-order chi connectivity index (χ1) is 8.80. The van der Waals surface area contributed by atoms with Crippen LogP contribution in [0.5, 0.6) is 0 Å². The van der Waals surface area contributed by atoms with Crippen molar-refractivity contribution in [2.75, 3.05) is 6.61 Å². The summed E-state index contributed by atoms with van der Waals surface area (Å²) in [5.74, 6) is 4.78. The number of ether oxygens (including phenoxy) is 2. The van der Waals surface area contributed by atoms with Gasteiger partial charge in [-0.3, -0.25) is 15.0 Å². The number of nitrogens with two attached hydrogens (primary N) is 1. The van der Waals surface area contributed by atoms with Gasteiger partial charge >= 0.3 is 5.97 Å². The fourth-order valence-corrected chi connectivity index (χ4v) is 2.07. The fraction of sp³-hybridized carbons (Fsp3) is 0.846. The van der Waals surface area contributed by atoms with Crippen LogP contribution in [0.2, 0.25) is 0 Å². The van der Waals surface area contributed by atoms with Crippen molar-refractivity contribution in [2.45, 2.75) is 58.2 Å². The lowest BCUT2D eigenvalue weighted by atomic mass is 9.94. The Hall–Kier alpha value is -1.14. The van der Waals surface area contributed by atoms with Gasteiger partial charge in [0.05, 0.1) is 25.6 Å². The molecule has 19 heavy (non-hydrogen) atoms. The number of esters is 1. The second-order valence-electron chi connectivity index (χ2n) is 5.96. The number of hydrogen-bond donors (Lipinski definition) is 2. The van der Waals surface area contributed by atoms with E-state index in [0.717, 1.165) is 12.8 Å². The van der Waals surface area contributed by atoms with Gasteiger partial charge in [-0.2, -0.15) is 0 Å². The molecule has 1 amide bonds. The SMILES string of the molecule is CC(C)(C)OC(=O)C[C@@H]1CC[C@@H](CC(=O)NN)OC1. The molecular weight excluding hydrogens is 248 g/mol. The first-order valence-electron chi connectivity index (χ1n) is 6.63. The van der Waals surface area contributed by atoms with Crippen molar-refractivity contribution in [2.24, 2.45) is 11.8 Å². The molecule has 6 heteroatoms. The van der Waals surface area contributed by atoms with Crippen molar-refractivity contribution in [3.63, 3.8) is 0 Å². The molecule has 0 unspecified atom stereocenters. The zero-order valence-electron chi connectivity index (χ0n) is 11.9. The molecule has 0 bridgehead atoms. The molecule has 1 heterocycles. The Balaban J connectivity index is 2.26. The Morgan fingerprint density at radius 1 is 1.32 bits per heavy atom. The molecule has 6 nitrogen and oxygen atoms in total. The molecule has 3 N–H and O–H groups in total. The summed E-state index contributed by atoms with van der Waals surface area (Å²) in [6.45, 7) is 6.04.